The number of nitrogens with zero attached hydrogens (tertiary/aromatic N) is 1. The summed E-state index contributed by atoms with van der Waals surface area (Å²) >= 11 is 0. The number of halogens is 2. The van der Waals surface area contributed by atoms with E-state index in [0.29, 0.717) is 30.9 Å². The number of nitrogens with one attached hydrogen (secondary N) is 3. The summed E-state index contributed by atoms with van der Waals surface area (Å²) in [5.74, 6) is -0.126. The van der Waals surface area contributed by atoms with Crippen LogP contribution in [0.25, 0.3) is 0 Å². The third-order valence-corrected chi connectivity index (χ3v) is 4.30. The molecule has 1 aromatic carbocycles. The van der Waals surface area contributed by atoms with Crippen LogP contribution in [0.1, 0.15) is 38.5 Å². The minimum Gasteiger partial charge on any atom is -0.376 e. The first-order chi connectivity index (χ1) is 12.7. The zero-order chi connectivity index (χ0) is 18.6. The van der Waals surface area contributed by atoms with Crippen molar-refractivity contribution >= 4 is 41.5 Å². The summed E-state index contributed by atoms with van der Waals surface area (Å²) in [4.78, 5) is 16.0. The van der Waals surface area contributed by atoms with Crippen LogP contribution < -0.4 is 16.0 Å². The molecule has 8 heteroatoms. The van der Waals surface area contributed by atoms with E-state index in [1.807, 2.05) is 0 Å². The van der Waals surface area contributed by atoms with Gasteiger partial charge in [-0.2, -0.15) is 0 Å². The number of aliphatic imine (C=N–C) groups is 1. The summed E-state index contributed by atoms with van der Waals surface area (Å²) in [6.07, 6.45) is 7.79. The SMILES string of the molecule is CN=C(NCCOC1CCCCCC1)NCC(=O)Nc1cccc(F)c1.I. The smallest absolute Gasteiger partial charge is 0.243 e. The Bertz CT molecular complexity index is 593. The Morgan fingerprint density at radius 3 is 2.63 bits per heavy atom. The lowest BCUT2D eigenvalue weighted by Crippen LogP contribution is -2.42. The molecule has 0 aliphatic heterocycles. The lowest BCUT2D eigenvalue weighted by atomic mass is 10.1. The van der Waals surface area contributed by atoms with Gasteiger partial charge in [-0.15, -0.1) is 24.0 Å². The van der Waals surface area contributed by atoms with Gasteiger partial charge in [-0.3, -0.25) is 9.79 Å². The van der Waals surface area contributed by atoms with E-state index in [1.54, 1.807) is 19.2 Å². The molecule has 1 aliphatic rings. The fourth-order valence-corrected chi connectivity index (χ4v) is 2.96. The van der Waals surface area contributed by atoms with Crippen molar-refractivity contribution in [3.8, 4) is 0 Å². The van der Waals surface area contributed by atoms with Crippen molar-refractivity contribution in [2.45, 2.75) is 44.6 Å². The quantitative estimate of drug-likeness (QED) is 0.180. The summed E-state index contributed by atoms with van der Waals surface area (Å²) in [7, 11) is 1.64. The maximum absolute atomic E-state index is 13.1. The maximum atomic E-state index is 13.1. The predicted octanol–water partition coefficient (Wildman–Crippen LogP) is 3.29. The van der Waals surface area contributed by atoms with Gasteiger partial charge in [-0.1, -0.05) is 31.7 Å². The van der Waals surface area contributed by atoms with Crippen molar-refractivity contribution in [3.05, 3.63) is 30.1 Å². The first kappa shape index (κ1) is 23.6. The van der Waals surface area contributed by atoms with E-state index in [0.717, 1.165) is 12.8 Å². The van der Waals surface area contributed by atoms with Crippen LogP contribution in [-0.2, 0) is 9.53 Å². The standard InChI is InChI=1S/C19H29FN4O2.HI/c1-21-19(22-11-12-26-17-9-4-2-3-5-10-17)23-14-18(25)24-16-8-6-7-15(20)13-16;/h6-8,13,17H,2-5,9-12,14H2,1H3,(H,24,25)(H2,21,22,23);1H. The Labute approximate surface area is 177 Å². The van der Waals surface area contributed by atoms with Gasteiger partial charge in [0.15, 0.2) is 5.96 Å². The normalized spacial score (nSPS) is 15.4. The molecule has 1 fully saturated rings. The molecule has 6 nitrogen and oxygen atoms in total. The van der Waals surface area contributed by atoms with Crippen molar-refractivity contribution < 1.29 is 13.9 Å². The Morgan fingerprint density at radius 2 is 1.96 bits per heavy atom. The lowest BCUT2D eigenvalue weighted by molar-refractivity contribution is -0.115. The second kappa shape index (κ2) is 13.7. The first-order valence-corrected chi connectivity index (χ1v) is 9.29. The second-order valence-corrected chi connectivity index (χ2v) is 6.40. The highest BCUT2D eigenvalue weighted by Crippen LogP contribution is 2.19. The van der Waals surface area contributed by atoms with Gasteiger partial charge in [0.25, 0.3) is 0 Å². The number of hydrogen-bond donors (Lipinski definition) is 3. The van der Waals surface area contributed by atoms with Crippen molar-refractivity contribution in [3.63, 3.8) is 0 Å². The number of rotatable bonds is 7. The summed E-state index contributed by atoms with van der Waals surface area (Å²) in [6.45, 7) is 1.28. The third-order valence-electron chi connectivity index (χ3n) is 4.30. The number of amides is 1. The molecule has 0 saturated heterocycles. The number of ether oxygens (including phenoxy) is 1. The van der Waals surface area contributed by atoms with Gasteiger partial charge in [0.2, 0.25) is 5.91 Å². The lowest BCUT2D eigenvalue weighted by Gasteiger charge is -2.16. The Kier molecular flexibility index (Phi) is 12.0. The molecular formula is C19H30FIN4O2. The zero-order valence-corrected chi connectivity index (χ0v) is 18.1. The zero-order valence-electron chi connectivity index (χ0n) is 15.8. The fourth-order valence-electron chi connectivity index (χ4n) is 2.96. The molecule has 1 aliphatic carbocycles. The topological polar surface area (TPSA) is 74.8 Å². The number of carbonyl (C=O) groups excluding carboxylic acids is 1. The average molecular weight is 492 g/mol. The Balaban J connectivity index is 0.00000364. The van der Waals surface area contributed by atoms with Crippen LogP contribution >= 0.6 is 24.0 Å². The summed E-state index contributed by atoms with van der Waals surface area (Å²) in [5, 5.41) is 8.69. The van der Waals surface area contributed by atoms with E-state index in [2.05, 4.69) is 20.9 Å². The minimum absolute atomic E-state index is 0. The minimum atomic E-state index is -0.387. The van der Waals surface area contributed by atoms with E-state index in [4.69, 9.17) is 4.74 Å². The maximum Gasteiger partial charge on any atom is 0.243 e. The van der Waals surface area contributed by atoms with Crippen LogP contribution in [-0.4, -0.2) is 44.7 Å². The molecule has 0 bridgehead atoms. The number of benzene rings is 1. The number of carbonyl (C=O) groups is 1. The van der Waals surface area contributed by atoms with Crippen LogP contribution in [0.4, 0.5) is 10.1 Å². The van der Waals surface area contributed by atoms with E-state index in [1.165, 1.54) is 37.8 Å². The molecule has 0 atom stereocenters. The monoisotopic (exact) mass is 492 g/mol. The number of hydrogen-bond acceptors (Lipinski definition) is 3. The molecular weight excluding hydrogens is 462 g/mol. The predicted molar refractivity (Wildman–Crippen MR) is 117 cm³/mol. The molecule has 0 spiro atoms. The molecule has 0 heterocycles. The Morgan fingerprint density at radius 1 is 1.22 bits per heavy atom. The molecule has 1 amide bonds. The van der Waals surface area contributed by atoms with Crippen LogP contribution in [0.5, 0.6) is 0 Å². The Hall–Kier alpha value is -1.42. The molecule has 152 valence electrons. The van der Waals surface area contributed by atoms with E-state index >= 15 is 0 Å². The molecule has 1 aromatic rings. The summed E-state index contributed by atoms with van der Waals surface area (Å²) < 4.78 is 19.0. The van der Waals surface area contributed by atoms with Gasteiger partial charge in [0.1, 0.15) is 5.82 Å². The summed E-state index contributed by atoms with van der Waals surface area (Å²) in [6, 6.07) is 5.79. The van der Waals surface area contributed by atoms with Gasteiger partial charge < -0.3 is 20.7 Å². The molecule has 3 N–H and O–H groups in total. The van der Waals surface area contributed by atoms with Gasteiger partial charge in [-0.25, -0.2) is 4.39 Å². The van der Waals surface area contributed by atoms with Crippen LogP contribution in [0.2, 0.25) is 0 Å². The van der Waals surface area contributed by atoms with Gasteiger partial charge in [0.05, 0.1) is 19.3 Å². The number of guanidine groups is 1. The molecule has 1 saturated carbocycles. The van der Waals surface area contributed by atoms with E-state index in [-0.39, 0.29) is 42.2 Å². The van der Waals surface area contributed by atoms with Crippen LogP contribution in [0.15, 0.2) is 29.3 Å². The highest BCUT2D eigenvalue weighted by atomic mass is 127. The van der Waals surface area contributed by atoms with Gasteiger partial charge >= 0.3 is 0 Å². The molecule has 0 radical (unpaired) electrons. The van der Waals surface area contributed by atoms with Gasteiger partial charge in [0, 0.05) is 19.3 Å². The number of anilines is 1. The average Bonchev–Trinajstić information content (AvgIpc) is 2.90. The van der Waals surface area contributed by atoms with Crippen molar-refractivity contribution in [2.75, 3.05) is 32.1 Å². The summed E-state index contributed by atoms with van der Waals surface area (Å²) in [5.41, 5.74) is 0.427. The third kappa shape index (κ3) is 9.90. The van der Waals surface area contributed by atoms with E-state index < -0.39 is 0 Å². The highest BCUT2D eigenvalue weighted by Gasteiger charge is 2.12. The first-order valence-electron chi connectivity index (χ1n) is 9.29. The van der Waals surface area contributed by atoms with Crippen molar-refractivity contribution in [2.24, 2.45) is 4.99 Å². The molecule has 0 aromatic heterocycles. The largest absolute Gasteiger partial charge is 0.376 e. The molecule has 2 rings (SSSR count). The second-order valence-electron chi connectivity index (χ2n) is 6.40. The van der Waals surface area contributed by atoms with Crippen molar-refractivity contribution in [1.29, 1.82) is 0 Å². The fraction of sp³-hybridized carbons (Fsp3) is 0.579. The van der Waals surface area contributed by atoms with Crippen LogP contribution in [0.3, 0.4) is 0 Å². The van der Waals surface area contributed by atoms with Crippen molar-refractivity contribution in [1.82, 2.24) is 10.6 Å². The van der Waals surface area contributed by atoms with Crippen LogP contribution in [0, 0.1) is 5.82 Å². The highest BCUT2D eigenvalue weighted by molar-refractivity contribution is 14.0. The molecule has 0 unspecified atom stereocenters. The van der Waals surface area contributed by atoms with Gasteiger partial charge in [-0.05, 0) is 31.0 Å². The molecule has 27 heavy (non-hydrogen) atoms. The van der Waals surface area contributed by atoms with E-state index in [9.17, 15) is 9.18 Å².